The average molecular weight is 588 g/mol. The Balaban J connectivity index is 1.34. The molecule has 12 heteroatoms. The van der Waals surface area contributed by atoms with Crippen LogP contribution in [-0.2, 0) is 34.0 Å². The number of hydrogen-bond acceptors (Lipinski definition) is 9. The number of carbonyl (C=O) groups excluding carboxylic acids is 1. The smallest absolute Gasteiger partial charge is 0.337 e. The third-order valence-electron chi connectivity index (χ3n) is 7.00. The summed E-state index contributed by atoms with van der Waals surface area (Å²) in [5.74, 6) is 0.0392. The van der Waals surface area contributed by atoms with Crippen LogP contribution in [0.1, 0.15) is 34.6 Å². The van der Waals surface area contributed by atoms with Gasteiger partial charge in [-0.2, -0.15) is 12.6 Å². The van der Waals surface area contributed by atoms with Crippen LogP contribution in [0.3, 0.4) is 0 Å². The van der Waals surface area contributed by atoms with Crippen molar-refractivity contribution in [1.82, 2.24) is 14.5 Å². The fraction of sp³-hybridized carbons (Fsp3) is 0.414. The maximum absolute atomic E-state index is 13.7. The fourth-order valence-corrected chi connectivity index (χ4v) is 4.90. The number of fused-ring (bicyclic) bond motifs is 1. The lowest BCUT2D eigenvalue weighted by Gasteiger charge is -2.32. The highest BCUT2D eigenvalue weighted by atomic mass is 32.1. The van der Waals surface area contributed by atoms with Gasteiger partial charge < -0.3 is 24.6 Å². The van der Waals surface area contributed by atoms with Gasteiger partial charge in [0, 0.05) is 35.5 Å². The lowest BCUT2D eigenvalue weighted by Crippen LogP contribution is -2.35. The Morgan fingerprint density at radius 2 is 2.00 bits per heavy atom. The van der Waals surface area contributed by atoms with Crippen molar-refractivity contribution in [1.29, 1.82) is 0 Å². The molecular formula is C29H35F2N5O4S. The second-order valence-corrected chi connectivity index (χ2v) is 10.1. The minimum atomic E-state index is -0.676. The van der Waals surface area contributed by atoms with Crippen LogP contribution in [0.4, 0.5) is 8.78 Å². The Morgan fingerprint density at radius 1 is 1.20 bits per heavy atom. The molecular weight excluding hydrogens is 552 g/mol. The van der Waals surface area contributed by atoms with Gasteiger partial charge >= 0.3 is 5.97 Å². The van der Waals surface area contributed by atoms with Gasteiger partial charge in [0.2, 0.25) is 0 Å². The second-order valence-electron chi connectivity index (χ2n) is 9.69. The lowest BCUT2D eigenvalue weighted by atomic mass is 9.93. The summed E-state index contributed by atoms with van der Waals surface area (Å²) in [5.41, 5.74) is 9.38. The van der Waals surface area contributed by atoms with Crippen molar-refractivity contribution in [3.63, 3.8) is 0 Å². The Hall–Kier alpha value is -3.48. The number of nitrogens with two attached hydrogens (primary N) is 1. The van der Waals surface area contributed by atoms with Crippen molar-refractivity contribution in [3.8, 4) is 0 Å². The molecule has 220 valence electrons. The molecule has 1 aliphatic rings. The molecule has 3 aromatic rings. The van der Waals surface area contributed by atoms with Crippen molar-refractivity contribution in [2.24, 2.45) is 16.8 Å². The van der Waals surface area contributed by atoms with E-state index in [1.807, 2.05) is 12.1 Å². The van der Waals surface area contributed by atoms with Crippen molar-refractivity contribution >= 4 is 35.8 Å². The summed E-state index contributed by atoms with van der Waals surface area (Å²) in [6.07, 6.45) is 4.89. The molecule has 4 rings (SSSR count). The number of thiol groups is 1. The minimum Gasteiger partial charge on any atom is -0.465 e. The van der Waals surface area contributed by atoms with Gasteiger partial charge in [-0.05, 0) is 62.3 Å². The SMILES string of the molecule is COC(=O)c1ccc2nc(CN3CCC(/C(N)=C/C=N/OCc4ccc(F)cc4F)CC3)n(CCOCCS)c2c1. The number of halogens is 2. The first-order chi connectivity index (χ1) is 19.9. The molecule has 0 saturated carbocycles. The number of ether oxygens (including phenoxy) is 2. The molecule has 0 atom stereocenters. The number of imidazole rings is 1. The monoisotopic (exact) mass is 587 g/mol. The van der Waals surface area contributed by atoms with Crippen LogP contribution >= 0.6 is 12.6 Å². The Labute approximate surface area is 243 Å². The van der Waals surface area contributed by atoms with Crippen LogP contribution < -0.4 is 5.73 Å². The summed E-state index contributed by atoms with van der Waals surface area (Å²) >= 11 is 4.20. The number of allylic oxidation sites excluding steroid dienone is 2. The summed E-state index contributed by atoms with van der Waals surface area (Å²) in [4.78, 5) is 24.4. The van der Waals surface area contributed by atoms with E-state index in [9.17, 15) is 13.6 Å². The largest absolute Gasteiger partial charge is 0.465 e. The van der Waals surface area contributed by atoms with Gasteiger partial charge in [-0.1, -0.05) is 5.16 Å². The van der Waals surface area contributed by atoms with Gasteiger partial charge in [0.05, 0.1) is 49.7 Å². The van der Waals surface area contributed by atoms with Gasteiger partial charge in [-0.15, -0.1) is 0 Å². The number of hydrogen-bond donors (Lipinski definition) is 2. The van der Waals surface area contributed by atoms with Crippen LogP contribution in [0.25, 0.3) is 11.0 Å². The van der Waals surface area contributed by atoms with E-state index in [-0.39, 0.29) is 18.1 Å². The molecule has 0 radical (unpaired) electrons. The lowest BCUT2D eigenvalue weighted by molar-refractivity contribution is 0.0601. The number of methoxy groups -OCH3 is 1. The number of oxime groups is 1. The molecule has 1 aliphatic heterocycles. The minimum absolute atomic E-state index is 0.106. The zero-order valence-electron chi connectivity index (χ0n) is 23.0. The average Bonchev–Trinajstić information content (AvgIpc) is 3.31. The van der Waals surface area contributed by atoms with Gasteiger partial charge in [0.25, 0.3) is 0 Å². The number of esters is 1. The topological polar surface area (TPSA) is 104 Å². The normalized spacial score (nSPS) is 15.2. The van der Waals surface area contributed by atoms with E-state index >= 15 is 0 Å². The van der Waals surface area contributed by atoms with E-state index in [1.54, 1.807) is 12.1 Å². The Morgan fingerprint density at radius 3 is 2.73 bits per heavy atom. The van der Waals surface area contributed by atoms with Crippen molar-refractivity contribution < 1.29 is 27.9 Å². The Bertz CT molecular complexity index is 1390. The van der Waals surface area contributed by atoms with E-state index in [0.29, 0.717) is 43.3 Å². The van der Waals surface area contributed by atoms with E-state index in [1.165, 1.54) is 25.5 Å². The quantitative estimate of drug-likeness (QED) is 0.101. The number of aromatic nitrogens is 2. The highest BCUT2D eigenvalue weighted by molar-refractivity contribution is 7.80. The highest BCUT2D eigenvalue weighted by Gasteiger charge is 2.23. The molecule has 0 bridgehead atoms. The zero-order chi connectivity index (χ0) is 29.2. The number of likely N-dealkylation sites (tertiary alicyclic amines) is 1. The van der Waals surface area contributed by atoms with Gasteiger partial charge in [-0.25, -0.2) is 18.6 Å². The molecule has 1 saturated heterocycles. The highest BCUT2D eigenvalue weighted by Crippen LogP contribution is 2.25. The molecule has 41 heavy (non-hydrogen) atoms. The number of rotatable bonds is 13. The molecule has 0 amide bonds. The zero-order valence-corrected chi connectivity index (χ0v) is 23.9. The number of piperidine rings is 1. The van der Waals surface area contributed by atoms with E-state index in [0.717, 1.165) is 48.9 Å². The molecule has 0 unspecified atom stereocenters. The first-order valence-electron chi connectivity index (χ1n) is 13.4. The van der Waals surface area contributed by atoms with Gasteiger partial charge in [0.15, 0.2) is 0 Å². The van der Waals surface area contributed by atoms with Crippen LogP contribution in [0, 0.1) is 17.6 Å². The summed E-state index contributed by atoms with van der Waals surface area (Å²) in [6.45, 7) is 3.89. The number of carbonyl (C=O) groups is 1. The summed E-state index contributed by atoms with van der Waals surface area (Å²) in [5, 5.41) is 3.82. The van der Waals surface area contributed by atoms with E-state index in [2.05, 4.69) is 27.3 Å². The number of benzene rings is 2. The predicted octanol–water partition coefficient (Wildman–Crippen LogP) is 4.30. The maximum Gasteiger partial charge on any atom is 0.337 e. The molecule has 9 nitrogen and oxygen atoms in total. The Kier molecular flexibility index (Phi) is 11.1. The van der Waals surface area contributed by atoms with Crippen LogP contribution in [-0.4, -0.2) is 65.8 Å². The third kappa shape index (κ3) is 8.27. The van der Waals surface area contributed by atoms with Crippen molar-refractivity contribution in [3.05, 3.63) is 76.8 Å². The van der Waals surface area contributed by atoms with Crippen LogP contribution in [0.15, 0.2) is 53.3 Å². The molecule has 1 aromatic heterocycles. The molecule has 1 fully saturated rings. The molecule has 2 N–H and O–H groups in total. The van der Waals surface area contributed by atoms with E-state index in [4.69, 9.17) is 25.0 Å². The van der Waals surface area contributed by atoms with Gasteiger partial charge in [-0.3, -0.25) is 4.90 Å². The molecule has 0 aliphatic carbocycles. The maximum atomic E-state index is 13.7. The van der Waals surface area contributed by atoms with Gasteiger partial charge in [0.1, 0.15) is 24.1 Å². The fourth-order valence-electron chi connectivity index (χ4n) is 4.78. The van der Waals surface area contributed by atoms with Crippen molar-refractivity contribution in [2.45, 2.75) is 32.5 Å². The molecule has 2 aromatic carbocycles. The van der Waals surface area contributed by atoms with Crippen LogP contribution in [0.2, 0.25) is 0 Å². The second kappa shape index (κ2) is 14.9. The number of nitrogens with zero attached hydrogens (tertiary/aromatic N) is 4. The first kappa shape index (κ1) is 30.5. The molecule has 2 heterocycles. The summed E-state index contributed by atoms with van der Waals surface area (Å²) in [7, 11) is 1.37. The van der Waals surface area contributed by atoms with Crippen molar-refractivity contribution in [2.75, 3.05) is 39.2 Å². The first-order valence-corrected chi connectivity index (χ1v) is 14.1. The molecule has 0 spiro atoms. The van der Waals surface area contributed by atoms with E-state index < -0.39 is 17.6 Å². The predicted molar refractivity (Wildman–Crippen MR) is 156 cm³/mol. The third-order valence-corrected chi connectivity index (χ3v) is 7.19. The summed E-state index contributed by atoms with van der Waals surface area (Å²) < 4.78 is 39.4. The standard InChI is InChI=1S/C29H35F2N5O4S/c1-38-29(37)21-3-5-26-27(16-21)36(12-13-39-14-15-41)28(34-26)18-35-10-7-20(8-11-35)25(32)6-9-33-40-19-22-2-4-23(30)17-24(22)31/h2-6,9,16-17,20,41H,7-8,10-15,18-19,32H2,1H3/b25-6-,33-9+. The van der Waals surface area contributed by atoms with Crippen LogP contribution in [0.5, 0.6) is 0 Å². The summed E-state index contributed by atoms with van der Waals surface area (Å²) in [6, 6.07) is 8.69.